The summed E-state index contributed by atoms with van der Waals surface area (Å²) in [4.78, 5) is 84.1. The largest absolute Gasteiger partial charge is 1.00 e. The van der Waals surface area contributed by atoms with Crippen molar-refractivity contribution in [2.45, 2.75) is 183 Å². The summed E-state index contributed by atoms with van der Waals surface area (Å²) in [6.45, 7) is 12.2. The van der Waals surface area contributed by atoms with Gasteiger partial charge in [0.2, 0.25) is 54.8 Å². The SMILES string of the molecule is C.O=C=O.O=S(=O)([O-])O.O=S(=O)([O-])O.O=S(=O)([O-])O.O=S(=O)=O.O=S(=O)=O.[CH2-]C1O[C@H](O[C@@H]2[CH-]O[C@@H](OCCOCCNC(=O)CCC(=O)N(CCOCCN3C(=O)[C@@H]4[C@H](C3=O)[C@H](CC)O[C@@H]4CC)Cc3cn(CCOCCO[C@@H]4OC(C(=O)[O-])[C@@H](O[C@H]5OC([CH2-])[C@@H](O)[C@H](O)C5[NH-])[C@H](O)C4O)nn3)C(O)[CH-]2)C([NH-])[C@@H](O)[C@@H]1O.[Na+].[Na+].[Na+].[Na+].[Na+].[Na+].[Na+]. The predicted octanol–water partition coefficient (Wildman–Crippen LogP) is -31.7. The van der Waals surface area contributed by atoms with Crippen LogP contribution in [0.15, 0.2) is 6.20 Å². The number of nitrogens with zero attached hydrogens (tertiary/aromatic N) is 5. The van der Waals surface area contributed by atoms with E-state index < -0.39 is 193 Å². The van der Waals surface area contributed by atoms with Crippen LogP contribution in [0.4, 0.5) is 0 Å². The van der Waals surface area contributed by atoms with Gasteiger partial charge in [-0.1, -0.05) is 38.6 Å². The first kappa shape index (κ1) is 136. The number of aliphatic hydroxyl groups is 7. The molecule has 6 aliphatic heterocycles. The number of imide groups is 1. The fraction of sp³-hybridized carbons (Fsp3) is 0.778. The van der Waals surface area contributed by atoms with Gasteiger partial charge in [0.15, 0.2) is 6.29 Å². The zero-order chi connectivity index (χ0) is 85.0. The standard InChI is InChI=1S/C52H80N8O25.CO2.CH4.7Na.3H2O4S.2O3S/c1-5-30-34-35(31(6-2)83-30)47(71)60(46(34)70)12-16-75-14-10-58(33(63)8-7-32(62)55-9-13-74-17-19-77-49-29(61)21-28(24-79-49)82-50-36(53)40(66)38(64)25(3)80-50)22-27-23-59(57-56-27)11-15-76-18-20-78-52-43(69)42(68)44(45(85-52)48(72)73)84-51-37(54)41(67)39(65)26(4)81-51;2-1-3;;;;;;;;;3*1-5(2,3)4;2*1-4(2)3/h21,23-26,28-31,34-45,49-54,61,64-69H,3-20,22H2,1-2H3,(H,55,62)(H,72,73);;1H4;;;;;;;;3*(H2,1,2,3,4);;/q-6;;;7*+1;;;;;/p-4/t25?,26?,28-,29?,30-,31+,34+,35-,36?,37?,38+,39+,40+,41+,42+,43?,44-,45?,49+,50+,51+,52+;;;;;;;;;;;;;;/m0............../s1. The number of carbonyl (C=O) groups is 5. The Morgan fingerprint density at radius 3 is 1.48 bits per heavy atom. The van der Waals surface area contributed by atoms with E-state index in [0.717, 1.165) is 0 Å². The second-order valence-corrected chi connectivity index (χ2v) is 26.1. The molecule has 0 spiro atoms. The number of rotatable bonds is 32. The Balaban J connectivity index is -0.000000527. The Bertz CT molecular complexity index is 3520. The molecule has 0 saturated carbocycles. The van der Waals surface area contributed by atoms with Crippen molar-refractivity contribution in [2.75, 3.05) is 72.5 Å². The van der Waals surface area contributed by atoms with Crippen LogP contribution >= 0.6 is 0 Å². The van der Waals surface area contributed by atoms with Gasteiger partial charge >= 0.3 is 234 Å². The maximum atomic E-state index is 13.7. The molecule has 0 aliphatic carbocycles. The minimum absolute atomic E-state index is 0. The van der Waals surface area contributed by atoms with Crippen molar-refractivity contribution in [1.29, 1.82) is 0 Å². The third-order valence-electron chi connectivity index (χ3n) is 15.1. The zero-order valence-electron chi connectivity index (χ0n) is 64.9. The molecular formula is C54H86N8Na7O45S5-3. The number of carbonyl (C=O) groups excluding carboxylic acids is 7. The van der Waals surface area contributed by atoms with Crippen LogP contribution in [-0.2, 0) is 156 Å². The Labute approximate surface area is 840 Å². The van der Waals surface area contributed by atoms with Gasteiger partial charge in [-0.3, -0.25) is 44.2 Å². The van der Waals surface area contributed by atoms with Crippen LogP contribution in [0.3, 0.4) is 0 Å². The van der Waals surface area contributed by atoms with Crippen LogP contribution in [0.5, 0.6) is 0 Å². The average molecular weight is 1890 g/mol. The van der Waals surface area contributed by atoms with Crippen molar-refractivity contribution < 1.29 is 416 Å². The van der Waals surface area contributed by atoms with E-state index in [1.165, 1.54) is 27.5 Å². The number of aliphatic hydroxyl groups excluding tert-OH is 7. The summed E-state index contributed by atoms with van der Waals surface area (Å²) < 4.78 is 217. The maximum Gasteiger partial charge on any atom is 1.00 e. The van der Waals surface area contributed by atoms with E-state index in [1.807, 2.05) is 13.8 Å². The smallest absolute Gasteiger partial charge is 0.726 e. The molecule has 6 saturated heterocycles. The molecule has 7 unspecified atom stereocenters. The molecule has 65 heteroatoms. The Kier molecular flexibility index (Phi) is 79.7. The average Bonchev–Trinajstić information content (AvgIpc) is 1.59. The van der Waals surface area contributed by atoms with Crippen LogP contribution in [0.2, 0.25) is 0 Å². The number of hydrogen-bond donors (Lipinski definition) is 11. The first-order valence-corrected chi connectivity index (χ1v) is 37.8. The molecule has 0 aromatic carbocycles. The number of carboxylic acid groups (broad SMARTS) is 1. The second-order valence-electron chi connectivity index (χ2n) is 22.8. The third kappa shape index (κ3) is 55.8. The van der Waals surface area contributed by atoms with Crippen LogP contribution in [0, 0.1) is 38.7 Å². The Morgan fingerprint density at radius 2 is 1.04 bits per heavy atom. The molecule has 1 aromatic heterocycles. The first-order chi connectivity index (χ1) is 51.5. The molecule has 13 N–H and O–H groups in total. The molecule has 0 bridgehead atoms. The van der Waals surface area contributed by atoms with Crippen molar-refractivity contribution in [1.82, 2.24) is 30.1 Å². The van der Waals surface area contributed by atoms with Crippen molar-refractivity contribution in [3.63, 3.8) is 0 Å². The molecule has 7 rings (SSSR count). The molecular weight excluding hydrogens is 1800 g/mol. The van der Waals surface area contributed by atoms with E-state index in [1.54, 1.807) is 6.20 Å². The summed E-state index contributed by atoms with van der Waals surface area (Å²) >= 11 is 0. The number of amides is 4. The van der Waals surface area contributed by atoms with Crippen molar-refractivity contribution in [3.8, 4) is 0 Å². The monoisotopic (exact) mass is 1890 g/mol. The summed E-state index contributed by atoms with van der Waals surface area (Å²) in [7, 11) is -21.0. The van der Waals surface area contributed by atoms with E-state index in [2.05, 4.69) is 29.5 Å². The van der Waals surface area contributed by atoms with Gasteiger partial charge in [0, 0.05) is 25.9 Å². The molecule has 22 atom stereocenters. The van der Waals surface area contributed by atoms with Crippen molar-refractivity contribution in [3.05, 3.63) is 50.2 Å². The number of likely N-dealkylation sites (tertiary alicyclic amines) is 1. The van der Waals surface area contributed by atoms with E-state index in [0.29, 0.717) is 18.5 Å². The van der Waals surface area contributed by atoms with Crippen molar-refractivity contribution >= 4 is 88.2 Å². The topological polar surface area (TPSA) is 826 Å². The molecule has 6 aliphatic rings. The second kappa shape index (κ2) is 69.9. The molecule has 53 nitrogen and oxygen atoms in total. The van der Waals surface area contributed by atoms with Gasteiger partial charge in [0.05, 0.1) is 133 Å². The van der Waals surface area contributed by atoms with Gasteiger partial charge in [-0.05, 0) is 31.2 Å². The van der Waals surface area contributed by atoms with Gasteiger partial charge in [0.25, 0.3) is 0 Å². The van der Waals surface area contributed by atoms with Crippen LogP contribution < -0.4 is 217 Å². The number of nitrogens with one attached hydrogen (secondary N) is 3. The normalized spacial score (nSPS) is 28.2. The predicted molar refractivity (Wildman–Crippen MR) is 346 cm³/mol. The minimum atomic E-state index is -4.92. The number of carboxylic acids is 1. The van der Waals surface area contributed by atoms with Crippen LogP contribution in [0.25, 0.3) is 11.5 Å². The first-order valence-electron chi connectivity index (χ1n) is 31.7. The van der Waals surface area contributed by atoms with E-state index in [4.69, 9.17) is 156 Å². The Hall–Kier alpha value is 1.08. The molecule has 0 radical (unpaired) electrons. The fourth-order valence-corrected chi connectivity index (χ4v) is 10.4. The quantitative estimate of drug-likeness (QED) is 0.00797. The van der Waals surface area contributed by atoms with Gasteiger partial charge < -0.3 is 152 Å². The van der Waals surface area contributed by atoms with Crippen molar-refractivity contribution in [2.24, 2.45) is 11.8 Å². The number of aliphatic carboxylic acids is 1. The summed E-state index contributed by atoms with van der Waals surface area (Å²) in [5, 5.41) is 95.1. The number of fused-ring (bicyclic) bond motifs is 1. The molecule has 7 heterocycles. The minimum Gasteiger partial charge on any atom is -0.726 e. The Morgan fingerprint density at radius 1 is 0.622 bits per heavy atom. The third-order valence-corrected chi connectivity index (χ3v) is 15.1. The summed E-state index contributed by atoms with van der Waals surface area (Å²) in [5.41, 5.74) is 16.5. The number of hydrogen-bond acceptors (Lipinski definition) is 44. The molecule has 119 heavy (non-hydrogen) atoms. The summed E-state index contributed by atoms with van der Waals surface area (Å²) in [6.07, 6.45) is -20.7. The molecule has 1 aromatic rings. The van der Waals surface area contributed by atoms with E-state index >= 15 is 0 Å². The van der Waals surface area contributed by atoms with Crippen LogP contribution in [0.1, 0.15) is 52.7 Å². The molecule has 4 amide bonds. The van der Waals surface area contributed by atoms with Gasteiger partial charge in [-0.25, -0.2) is 36.5 Å². The van der Waals surface area contributed by atoms with E-state index in [9.17, 15) is 64.8 Å². The van der Waals surface area contributed by atoms with E-state index in [-0.39, 0.29) is 343 Å². The fourth-order valence-electron chi connectivity index (χ4n) is 10.4. The van der Waals surface area contributed by atoms with Crippen LogP contribution in [-0.4, -0.2) is 369 Å². The number of aromatic nitrogens is 3. The van der Waals surface area contributed by atoms with Gasteiger partial charge in [-0.15, -0.1) is 30.4 Å². The van der Waals surface area contributed by atoms with Gasteiger partial charge in [0.1, 0.15) is 49.0 Å². The summed E-state index contributed by atoms with van der Waals surface area (Å²) in [5.74, 6) is -4.38. The molecule has 6 fully saturated rings. The maximum absolute atomic E-state index is 13.7. The zero-order valence-corrected chi connectivity index (χ0v) is 83.0. The van der Waals surface area contributed by atoms with Gasteiger partial charge in [-0.2, -0.15) is 15.7 Å². The molecule has 652 valence electrons. The number of ether oxygens (including phenoxy) is 12. The summed E-state index contributed by atoms with van der Waals surface area (Å²) in [6, 6.07) is -2.97.